The van der Waals surface area contributed by atoms with Crippen LogP contribution in [0.1, 0.15) is 79.1 Å². The smallest absolute Gasteiger partial charge is 0.245 e. The van der Waals surface area contributed by atoms with E-state index in [9.17, 15) is 9.59 Å². The third-order valence-corrected chi connectivity index (χ3v) is 9.78. The van der Waals surface area contributed by atoms with Gasteiger partial charge in [-0.1, -0.05) is 27.7 Å². The number of piperazine rings is 1. The summed E-state index contributed by atoms with van der Waals surface area (Å²) in [6.45, 7) is 16.2. The second kappa shape index (κ2) is 11.7. The lowest BCUT2D eigenvalue weighted by Crippen LogP contribution is -2.63. The number of amides is 2. The number of carbonyl (C=O) groups excluding carboxylic acids is 2. The van der Waals surface area contributed by atoms with Gasteiger partial charge in [0.15, 0.2) is 5.79 Å². The highest BCUT2D eigenvalue weighted by Gasteiger charge is 2.46. The Kier molecular flexibility index (Phi) is 8.73. The van der Waals surface area contributed by atoms with Gasteiger partial charge in [-0.15, -0.1) is 0 Å². The Labute approximate surface area is 230 Å². The van der Waals surface area contributed by atoms with Gasteiger partial charge in [-0.25, -0.2) is 0 Å². The Hall–Kier alpha value is -1.22. The molecule has 1 aliphatic carbocycles. The third-order valence-electron chi connectivity index (χ3n) is 9.78. The topological polar surface area (TPSA) is 74.4 Å². The summed E-state index contributed by atoms with van der Waals surface area (Å²) in [4.78, 5) is 33.6. The molecule has 1 saturated carbocycles. The van der Waals surface area contributed by atoms with E-state index < -0.39 is 5.79 Å². The van der Waals surface area contributed by atoms with E-state index in [1.54, 1.807) is 0 Å². The van der Waals surface area contributed by atoms with Crippen LogP contribution in [0.4, 0.5) is 0 Å². The Balaban J connectivity index is 1.12. The number of carbonyl (C=O) groups is 2. The van der Waals surface area contributed by atoms with Crippen molar-refractivity contribution in [1.82, 2.24) is 20.0 Å². The number of hydrogen-bond acceptors (Lipinski definition) is 6. The molecule has 5 aliphatic rings. The molecule has 2 atom stereocenters. The Bertz CT molecular complexity index is 816. The van der Waals surface area contributed by atoms with Crippen LogP contribution in [0.2, 0.25) is 0 Å². The Morgan fingerprint density at radius 3 is 2.16 bits per heavy atom. The second-order valence-electron chi connectivity index (χ2n) is 13.8. The Morgan fingerprint density at radius 2 is 1.58 bits per heavy atom. The fourth-order valence-corrected chi connectivity index (χ4v) is 7.08. The minimum Gasteiger partial charge on any atom is -0.349 e. The lowest BCUT2D eigenvalue weighted by Gasteiger charge is -2.47. The summed E-state index contributed by atoms with van der Waals surface area (Å²) >= 11 is 0. The van der Waals surface area contributed by atoms with E-state index in [0.29, 0.717) is 62.1 Å². The van der Waals surface area contributed by atoms with E-state index in [2.05, 4.69) is 37.9 Å². The van der Waals surface area contributed by atoms with Crippen LogP contribution in [0.25, 0.3) is 0 Å². The number of ether oxygens (including phenoxy) is 2. The first-order valence-corrected chi connectivity index (χ1v) is 15.5. The van der Waals surface area contributed by atoms with Gasteiger partial charge in [0.25, 0.3) is 0 Å². The molecule has 4 aliphatic heterocycles. The molecule has 0 aromatic rings. The average molecular weight is 533 g/mol. The molecule has 2 spiro atoms. The largest absolute Gasteiger partial charge is 0.349 e. The summed E-state index contributed by atoms with van der Waals surface area (Å²) in [6, 6.07) is -0.571. The van der Waals surface area contributed by atoms with E-state index >= 15 is 0 Å². The maximum atomic E-state index is 13.8. The number of likely N-dealkylation sites (tertiary alicyclic amines) is 2. The highest BCUT2D eigenvalue weighted by atomic mass is 16.7. The van der Waals surface area contributed by atoms with Gasteiger partial charge in [0.2, 0.25) is 11.8 Å². The van der Waals surface area contributed by atoms with E-state index in [4.69, 9.17) is 9.47 Å². The third kappa shape index (κ3) is 6.56. The van der Waals surface area contributed by atoms with Crippen molar-refractivity contribution in [1.29, 1.82) is 0 Å². The monoisotopic (exact) mass is 532 g/mol. The molecule has 5 fully saturated rings. The van der Waals surface area contributed by atoms with Crippen molar-refractivity contribution in [2.75, 3.05) is 59.0 Å². The standard InChI is InChI=1S/C30H52N4O4/c1-22(2)17-25-27(35)34(16-11-31-25)26(18-23(3)4)28(36)33-14-9-30(10-15-33)37-20-24(21-38-30)19-32-12-7-29(5-6-29)8-13-32/h22-26,31H,5-21H2,1-4H3/t25-,26?/m0/s1. The Morgan fingerprint density at radius 1 is 0.921 bits per heavy atom. The van der Waals surface area contributed by atoms with Crippen molar-refractivity contribution in [3.05, 3.63) is 0 Å². The van der Waals surface area contributed by atoms with Gasteiger partial charge in [0.05, 0.1) is 19.3 Å². The van der Waals surface area contributed by atoms with Crippen LogP contribution in [-0.2, 0) is 19.1 Å². The zero-order valence-electron chi connectivity index (χ0n) is 24.4. The van der Waals surface area contributed by atoms with Gasteiger partial charge in [-0.05, 0) is 68.9 Å². The normalized spacial score (nSPS) is 29.0. The molecule has 5 rings (SSSR count). The van der Waals surface area contributed by atoms with Gasteiger partial charge >= 0.3 is 0 Å². The highest BCUT2D eigenvalue weighted by Crippen LogP contribution is 2.53. The first-order valence-electron chi connectivity index (χ1n) is 15.5. The molecule has 0 aromatic heterocycles. The number of rotatable bonds is 8. The SMILES string of the molecule is CC(C)CC(C(=O)N1CCC2(CC1)OCC(CN1CCC3(CC1)CC3)CO2)N1CCN[C@@H](CC(C)C)C1=O. The van der Waals surface area contributed by atoms with Crippen molar-refractivity contribution in [2.45, 2.75) is 96.9 Å². The number of hydrogen-bond donors (Lipinski definition) is 1. The van der Waals surface area contributed by atoms with Crippen LogP contribution in [0.5, 0.6) is 0 Å². The molecular formula is C30H52N4O4. The molecule has 8 heteroatoms. The molecule has 0 bridgehead atoms. The van der Waals surface area contributed by atoms with Gasteiger partial charge < -0.3 is 29.5 Å². The van der Waals surface area contributed by atoms with Crippen LogP contribution in [0.15, 0.2) is 0 Å². The zero-order valence-corrected chi connectivity index (χ0v) is 24.4. The molecule has 1 unspecified atom stereocenters. The number of nitrogens with zero attached hydrogens (tertiary/aromatic N) is 3. The zero-order chi connectivity index (χ0) is 26.9. The minimum atomic E-state index is -0.548. The van der Waals surface area contributed by atoms with E-state index in [0.717, 1.165) is 32.7 Å². The van der Waals surface area contributed by atoms with Crippen LogP contribution in [0, 0.1) is 23.2 Å². The van der Waals surface area contributed by atoms with E-state index in [1.165, 1.54) is 38.8 Å². The molecule has 38 heavy (non-hydrogen) atoms. The quantitative estimate of drug-likeness (QED) is 0.518. The first-order chi connectivity index (χ1) is 18.2. The van der Waals surface area contributed by atoms with E-state index in [1.807, 2.05) is 9.80 Å². The summed E-state index contributed by atoms with van der Waals surface area (Å²) in [5.41, 5.74) is 0.716. The molecule has 2 amide bonds. The van der Waals surface area contributed by atoms with Gasteiger partial charge in [0.1, 0.15) is 6.04 Å². The molecule has 1 N–H and O–H groups in total. The second-order valence-corrected chi connectivity index (χ2v) is 13.8. The molecule has 216 valence electrons. The molecule has 4 heterocycles. The maximum Gasteiger partial charge on any atom is 0.245 e. The predicted molar refractivity (Wildman–Crippen MR) is 147 cm³/mol. The molecule has 0 aromatic carbocycles. The van der Waals surface area contributed by atoms with Crippen LogP contribution >= 0.6 is 0 Å². The van der Waals surface area contributed by atoms with Gasteiger partial charge in [-0.3, -0.25) is 9.59 Å². The minimum absolute atomic E-state index is 0.0865. The van der Waals surface area contributed by atoms with Crippen molar-refractivity contribution < 1.29 is 19.1 Å². The first kappa shape index (κ1) is 28.3. The van der Waals surface area contributed by atoms with Crippen molar-refractivity contribution in [3.8, 4) is 0 Å². The van der Waals surface area contributed by atoms with Crippen LogP contribution in [0.3, 0.4) is 0 Å². The van der Waals surface area contributed by atoms with E-state index in [-0.39, 0.29) is 23.9 Å². The van der Waals surface area contributed by atoms with Crippen molar-refractivity contribution >= 4 is 11.8 Å². The molecule has 8 nitrogen and oxygen atoms in total. The van der Waals surface area contributed by atoms with Gasteiger partial charge in [0, 0.05) is 51.5 Å². The van der Waals surface area contributed by atoms with Crippen molar-refractivity contribution in [2.24, 2.45) is 23.2 Å². The average Bonchev–Trinajstić information content (AvgIpc) is 3.65. The summed E-state index contributed by atoms with van der Waals surface area (Å²) in [7, 11) is 0. The summed E-state index contributed by atoms with van der Waals surface area (Å²) in [5, 5.41) is 3.38. The predicted octanol–water partition coefficient (Wildman–Crippen LogP) is 3.11. The highest BCUT2D eigenvalue weighted by molar-refractivity contribution is 5.90. The molecule has 4 saturated heterocycles. The molecular weight excluding hydrogens is 480 g/mol. The summed E-state index contributed by atoms with van der Waals surface area (Å²) in [5.74, 6) is 0.833. The van der Waals surface area contributed by atoms with Crippen LogP contribution in [-0.4, -0.2) is 103 Å². The van der Waals surface area contributed by atoms with Crippen molar-refractivity contribution in [3.63, 3.8) is 0 Å². The van der Waals surface area contributed by atoms with Crippen LogP contribution < -0.4 is 5.32 Å². The summed E-state index contributed by atoms with van der Waals surface area (Å²) in [6.07, 6.45) is 8.54. The molecule has 0 radical (unpaired) electrons. The fraction of sp³-hybridized carbons (Fsp3) is 0.933. The lowest BCUT2D eigenvalue weighted by atomic mass is 9.93. The number of piperidine rings is 2. The fourth-order valence-electron chi connectivity index (χ4n) is 7.08. The van der Waals surface area contributed by atoms with Gasteiger partial charge in [-0.2, -0.15) is 0 Å². The maximum absolute atomic E-state index is 13.8. The summed E-state index contributed by atoms with van der Waals surface area (Å²) < 4.78 is 12.8. The number of nitrogens with one attached hydrogen (secondary N) is 1. The lowest BCUT2D eigenvalue weighted by molar-refractivity contribution is -0.298.